The van der Waals surface area contributed by atoms with Crippen molar-refractivity contribution in [3.05, 3.63) is 89.2 Å². The SMILES string of the molecule is CC(CCC(=O)O)NC(=O)c1cc(F)cc(NC(=O)OCC2c3ccccc3-c3ccccc32)c1. The third-order valence-electron chi connectivity index (χ3n) is 5.92. The van der Waals surface area contributed by atoms with Gasteiger partial charge in [-0.15, -0.1) is 0 Å². The zero-order chi connectivity index (χ0) is 24.9. The van der Waals surface area contributed by atoms with E-state index in [1.165, 1.54) is 6.07 Å². The number of halogens is 1. The number of hydrogen-bond donors (Lipinski definition) is 3. The third-order valence-corrected chi connectivity index (χ3v) is 5.92. The molecule has 7 nitrogen and oxygen atoms in total. The summed E-state index contributed by atoms with van der Waals surface area (Å²) in [6, 6.07) is 19.0. The van der Waals surface area contributed by atoms with Crippen LogP contribution in [0, 0.1) is 5.82 Å². The summed E-state index contributed by atoms with van der Waals surface area (Å²) in [5.41, 5.74) is 4.43. The van der Waals surface area contributed by atoms with Crippen molar-refractivity contribution in [2.24, 2.45) is 0 Å². The van der Waals surface area contributed by atoms with Crippen molar-refractivity contribution in [2.45, 2.75) is 31.7 Å². The van der Waals surface area contributed by atoms with Crippen molar-refractivity contribution in [1.29, 1.82) is 0 Å². The standard InChI is InChI=1S/C27H25FN2O5/c1-16(10-11-25(31)32)29-26(33)17-12-18(28)14-19(13-17)30-27(34)35-15-24-22-8-4-2-6-20(22)21-7-3-5-9-23(21)24/h2-9,12-14,16,24H,10-11,15H2,1H3,(H,29,33)(H,30,34)(H,31,32). The Hall–Kier alpha value is -4.20. The van der Waals surface area contributed by atoms with Gasteiger partial charge in [0, 0.05) is 29.6 Å². The van der Waals surface area contributed by atoms with E-state index in [2.05, 4.69) is 10.6 Å². The second-order valence-corrected chi connectivity index (χ2v) is 8.49. The molecule has 0 fully saturated rings. The lowest BCUT2D eigenvalue weighted by Gasteiger charge is -2.15. The fourth-order valence-electron chi connectivity index (χ4n) is 4.26. The predicted octanol–water partition coefficient (Wildman–Crippen LogP) is 5.17. The number of hydrogen-bond acceptors (Lipinski definition) is 4. The van der Waals surface area contributed by atoms with Crippen molar-refractivity contribution in [1.82, 2.24) is 5.32 Å². The van der Waals surface area contributed by atoms with Gasteiger partial charge in [0.2, 0.25) is 0 Å². The molecule has 0 saturated carbocycles. The van der Waals surface area contributed by atoms with E-state index in [-0.39, 0.29) is 36.6 Å². The largest absolute Gasteiger partial charge is 0.481 e. The molecule has 3 N–H and O–H groups in total. The molecule has 0 aromatic heterocycles. The second kappa shape index (κ2) is 10.4. The molecule has 3 aromatic carbocycles. The number of ether oxygens (including phenoxy) is 1. The Balaban J connectivity index is 1.40. The van der Waals surface area contributed by atoms with E-state index in [0.29, 0.717) is 0 Å². The van der Waals surface area contributed by atoms with E-state index < -0.39 is 29.8 Å². The number of aliphatic carboxylic acids is 1. The fourth-order valence-corrected chi connectivity index (χ4v) is 4.26. The summed E-state index contributed by atoms with van der Waals surface area (Å²) < 4.78 is 19.6. The van der Waals surface area contributed by atoms with Crippen LogP contribution in [0.2, 0.25) is 0 Å². The minimum absolute atomic E-state index is 0.00104. The van der Waals surface area contributed by atoms with E-state index in [0.717, 1.165) is 34.4 Å². The lowest BCUT2D eigenvalue weighted by molar-refractivity contribution is -0.137. The van der Waals surface area contributed by atoms with Crippen LogP contribution >= 0.6 is 0 Å². The minimum atomic E-state index is -0.966. The van der Waals surface area contributed by atoms with Gasteiger partial charge in [0.25, 0.3) is 5.91 Å². The first kappa shape index (κ1) is 23.9. The topological polar surface area (TPSA) is 105 Å². The molecule has 180 valence electrons. The fraction of sp³-hybridized carbons (Fsp3) is 0.222. The van der Waals surface area contributed by atoms with Crippen molar-refractivity contribution < 1.29 is 28.6 Å². The van der Waals surface area contributed by atoms with Crippen LogP contribution in [-0.4, -0.2) is 35.7 Å². The van der Waals surface area contributed by atoms with Gasteiger partial charge in [-0.05, 0) is 53.8 Å². The molecule has 4 rings (SSSR count). The quantitative estimate of drug-likeness (QED) is 0.416. The zero-order valence-corrected chi connectivity index (χ0v) is 19.1. The summed E-state index contributed by atoms with van der Waals surface area (Å²) in [4.78, 5) is 35.7. The molecule has 3 aromatic rings. The van der Waals surface area contributed by atoms with Gasteiger partial charge in [0.1, 0.15) is 12.4 Å². The second-order valence-electron chi connectivity index (χ2n) is 8.49. The van der Waals surface area contributed by atoms with Crippen LogP contribution in [0.15, 0.2) is 66.7 Å². The monoisotopic (exact) mass is 476 g/mol. The first-order valence-electron chi connectivity index (χ1n) is 11.3. The molecule has 1 unspecified atom stereocenters. The van der Waals surface area contributed by atoms with E-state index in [4.69, 9.17) is 9.84 Å². The number of fused-ring (bicyclic) bond motifs is 3. The van der Waals surface area contributed by atoms with Crippen LogP contribution in [0.3, 0.4) is 0 Å². The molecule has 1 aliphatic carbocycles. The highest BCUT2D eigenvalue weighted by atomic mass is 19.1. The first-order chi connectivity index (χ1) is 16.8. The van der Waals surface area contributed by atoms with E-state index >= 15 is 0 Å². The Bertz CT molecular complexity index is 1230. The highest BCUT2D eigenvalue weighted by molar-refractivity contribution is 5.96. The van der Waals surface area contributed by atoms with Crippen LogP contribution < -0.4 is 10.6 Å². The molecule has 0 bridgehead atoms. The predicted molar refractivity (Wildman–Crippen MR) is 129 cm³/mol. The van der Waals surface area contributed by atoms with Crippen LogP contribution in [0.25, 0.3) is 11.1 Å². The molecule has 35 heavy (non-hydrogen) atoms. The summed E-state index contributed by atoms with van der Waals surface area (Å²) >= 11 is 0. The average Bonchev–Trinajstić information content (AvgIpc) is 3.15. The molecular formula is C27H25FN2O5. The van der Waals surface area contributed by atoms with Crippen LogP contribution in [0.4, 0.5) is 14.9 Å². The van der Waals surface area contributed by atoms with Gasteiger partial charge in [-0.2, -0.15) is 0 Å². The summed E-state index contributed by atoms with van der Waals surface area (Å²) in [6.45, 7) is 1.76. The van der Waals surface area contributed by atoms with Crippen molar-refractivity contribution in [2.75, 3.05) is 11.9 Å². The number of carbonyl (C=O) groups is 3. The van der Waals surface area contributed by atoms with Crippen LogP contribution in [0.1, 0.15) is 47.2 Å². The number of amides is 2. The van der Waals surface area contributed by atoms with Gasteiger partial charge in [0.05, 0.1) is 0 Å². The zero-order valence-electron chi connectivity index (χ0n) is 19.1. The third kappa shape index (κ3) is 5.66. The Morgan fingerprint density at radius 3 is 2.26 bits per heavy atom. The van der Waals surface area contributed by atoms with Gasteiger partial charge >= 0.3 is 12.1 Å². The normalized spacial score (nSPS) is 12.9. The molecule has 2 amide bonds. The van der Waals surface area contributed by atoms with E-state index in [1.54, 1.807) is 6.92 Å². The maximum absolute atomic E-state index is 14.1. The molecule has 0 saturated heterocycles. The smallest absolute Gasteiger partial charge is 0.411 e. The van der Waals surface area contributed by atoms with Crippen molar-refractivity contribution in [3.8, 4) is 11.1 Å². The Morgan fingerprint density at radius 1 is 1.00 bits per heavy atom. The molecule has 0 radical (unpaired) electrons. The molecule has 0 spiro atoms. The number of benzene rings is 3. The van der Waals surface area contributed by atoms with Crippen LogP contribution in [0.5, 0.6) is 0 Å². The van der Waals surface area contributed by atoms with E-state index in [1.807, 2.05) is 48.5 Å². The Morgan fingerprint density at radius 2 is 1.63 bits per heavy atom. The van der Waals surface area contributed by atoms with Gasteiger partial charge in [0.15, 0.2) is 0 Å². The maximum atomic E-state index is 14.1. The molecule has 0 heterocycles. The van der Waals surface area contributed by atoms with Gasteiger partial charge < -0.3 is 15.2 Å². The molecule has 0 aliphatic heterocycles. The maximum Gasteiger partial charge on any atom is 0.411 e. The highest BCUT2D eigenvalue weighted by Crippen LogP contribution is 2.44. The lowest BCUT2D eigenvalue weighted by atomic mass is 9.98. The number of carboxylic acids is 1. The Kier molecular flexibility index (Phi) is 7.10. The van der Waals surface area contributed by atoms with Crippen molar-refractivity contribution in [3.63, 3.8) is 0 Å². The number of nitrogens with one attached hydrogen (secondary N) is 2. The summed E-state index contributed by atoms with van der Waals surface area (Å²) in [7, 11) is 0. The van der Waals surface area contributed by atoms with Crippen molar-refractivity contribution >= 4 is 23.7 Å². The molecular weight excluding hydrogens is 451 g/mol. The summed E-state index contributed by atoms with van der Waals surface area (Å²) in [5, 5.41) is 13.9. The lowest BCUT2D eigenvalue weighted by Crippen LogP contribution is -2.33. The number of carbonyl (C=O) groups excluding carboxylic acids is 2. The van der Waals surface area contributed by atoms with Gasteiger partial charge in [-0.1, -0.05) is 48.5 Å². The average molecular weight is 477 g/mol. The Labute approximate surface area is 201 Å². The number of rotatable bonds is 8. The summed E-state index contributed by atoms with van der Waals surface area (Å²) in [5.74, 6) is -2.36. The van der Waals surface area contributed by atoms with Gasteiger partial charge in [-0.3, -0.25) is 14.9 Å². The summed E-state index contributed by atoms with van der Waals surface area (Å²) in [6.07, 6.45) is -0.626. The van der Waals surface area contributed by atoms with Crippen LogP contribution in [-0.2, 0) is 9.53 Å². The van der Waals surface area contributed by atoms with E-state index in [9.17, 15) is 18.8 Å². The minimum Gasteiger partial charge on any atom is -0.481 e. The van der Waals surface area contributed by atoms with Gasteiger partial charge in [-0.25, -0.2) is 9.18 Å². The number of carboxylic acid groups (broad SMARTS) is 1. The number of anilines is 1. The molecule has 1 aliphatic rings. The highest BCUT2D eigenvalue weighted by Gasteiger charge is 2.29. The first-order valence-corrected chi connectivity index (χ1v) is 11.3. The molecule has 8 heteroatoms. The molecule has 1 atom stereocenters.